The van der Waals surface area contributed by atoms with Gasteiger partial charge in [0.25, 0.3) is 0 Å². The zero-order valence-corrected chi connectivity index (χ0v) is 10.2. The molecule has 0 fully saturated rings. The maximum absolute atomic E-state index is 5.87. The lowest BCUT2D eigenvalue weighted by Gasteiger charge is -2.29. The normalized spacial score (nSPS) is 13.0. The summed E-state index contributed by atoms with van der Waals surface area (Å²) in [6, 6.07) is 10.7. The highest BCUT2D eigenvalue weighted by Gasteiger charge is 2.16. The van der Waals surface area contributed by atoms with E-state index in [4.69, 9.17) is 10.5 Å². The van der Waals surface area contributed by atoms with E-state index in [1.807, 2.05) is 6.07 Å². The molecule has 1 rings (SSSR count). The lowest BCUT2D eigenvalue weighted by Crippen LogP contribution is -2.35. The summed E-state index contributed by atoms with van der Waals surface area (Å²) in [6.07, 6.45) is 0. The minimum absolute atomic E-state index is 0.293. The average Bonchev–Trinajstić information content (AvgIpc) is 2.35. The quantitative estimate of drug-likeness (QED) is 0.762. The molecule has 3 nitrogen and oxygen atoms in total. The van der Waals surface area contributed by atoms with Gasteiger partial charge in [0.05, 0.1) is 6.61 Å². The summed E-state index contributed by atoms with van der Waals surface area (Å²) in [5, 5.41) is 0. The molecule has 0 bridgehead atoms. The first kappa shape index (κ1) is 13.2. The molecule has 0 heterocycles. The van der Waals surface area contributed by atoms with E-state index < -0.39 is 0 Å². The summed E-state index contributed by atoms with van der Waals surface area (Å²) in [5.41, 5.74) is 7.15. The second-order valence-corrected chi connectivity index (χ2v) is 3.78. The molecule has 1 atom stereocenters. The van der Waals surface area contributed by atoms with Crippen molar-refractivity contribution in [3.8, 4) is 0 Å². The van der Waals surface area contributed by atoms with Gasteiger partial charge < -0.3 is 10.5 Å². The SMILES string of the molecule is CCN(CCOC)C(CN)c1ccccc1. The van der Waals surface area contributed by atoms with Crippen LogP contribution in [0, 0.1) is 0 Å². The summed E-state index contributed by atoms with van der Waals surface area (Å²) >= 11 is 0. The third-order valence-electron chi connectivity index (χ3n) is 2.84. The minimum atomic E-state index is 0.293. The largest absolute Gasteiger partial charge is 0.383 e. The summed E-state index contributed by atoms with van der Waals surface area (Å²) in [4.78, 5) is 2.35. The zero-order valence-electron chi connectivity index (χ0n) is 10.2. The molecule has 1 unspecified atom stereocenters. The number of methoxy groups -OCH3 is 1. The molecule has 1 aromatic rings. The van der Waals surface area contributed by atoms with Gasteiger partial charge in [-0.1, -0.05) is 37.3 Å². The zero-order chi connectivity index (χ0) is 11.8. The Morgan fingerprint density at radius 3 is 2.50 bits per heavy atom. The lowest BCUT2D eigenvalue weighted by molar-refractivity contribution is 0.125. The lowest BCUT2D eigenvalue weighted by atomic mass is 10.1. The summed E-state index contributed by atoms with van der Waals surface area (Å²) in [6.45, 7) is 5.45. The Bertz CT molecular complexity index is 277. The molecule has 0 amide bonds. The molecular weight excluding hydrogens is 200 g/mol. The second kappa shape index (κ2) is 7.39. The Labute approximate surface area is 98.2 Å². The Balaban J connectivity index is 2.71. The highest BCUT2D eigenvalue weighted by atomic mass is 16.5. The van der Waals surface area contributed by atoms with Crippen molar-refractivity contribution in [2.45, 2.75) is 13.0 Å². The maximum atomic E-state index is 5.87. The molecule has 1 aromatic carbocycles. The van der Waals surface area contributed by atoms with Crippen molar-refractivity contribution in [1.29, 1.82) is 0 Å². The van der Waals surface area contributed by atoms with Crippen LogP contribution in [-0.4, -0.2) is 38.3 Å². The molecule has 0 aliphatic rings. The van der Waals surface area contributed by atoms with E-state index in [0.29, 0.717) is 12.6 Å². The maximum Gasteiger partial charge on any atom is 0.0589 e. The van der Waals surface area contributed by atoms with Crippen molar-refractivity contribution in [3.05, 3.63) is 35.9 Å². The third kappa shape index (κ3) is 3.59. The van der Waals surface area contributed by atoms with E-state index in [9.17, 15) is 0 Å². The van der Waals surface area contributed by atoms with E-state index >= 15 is 0 Å². The first-order valence-electron chi connectivity index (χ1n) is 5.81. The average molecular weight is 222 g/mol. The number of hydrogen-bond donors (Lipinski definition) is 1. The van der Waals surface area contributed by atoms with Crippen molar-refractivity contribution in [2.24, 2.45) is 5.73 Å². The Kier molecular flexibility index (Phi) is 6.08. The Morgan fingerprint density at radius 1 is 1.31 bits per heavy atom. The van der Waals surface area contributed by atoms with Gasteiger partial charge in [-0.15, -0.1) is 0 Å². The molecule has 0 saturated heterocycles. The van der Waals surface area contributed by atoms with E-state index in [1.54, 1.807) is 7.11 Å². The minimum Gasteiger partial charge on any atom is -0.383 e. The van der Waals surface area contributed by atoms with Crippen LogP contribution in [0.25, 0.3) is 0 Å². The number of nitrogens with zero attached hydrogens (tertiary/aromatic N) is 1. The van der Waals surface area contributed by atoms with E-state index in [1.165, 1.54) is 5.56 Å². The molecule has 0 radical (unpaired) electrons. The Morgan fingerprint density at radius 2 is 2.00 bits per heavy atom. The molecule has 0 aliphatic heterocycles. The molecule has 0 aromatic heterocycles. The van der Waals surface area contributed by atoms with Gasteiger partial charge in [0, 0.05) is 26.2 Å². The molecule has 0 saturated carbocycles. The van der Waals surface area contributed by atoms with Crippen molar-refractivity contribution < 1.29 is 4.74 Å². The van der Waals surface area contributed by atoms with E-state index in [2.05, 4.69) is 36.1 Å². The van der Waals surface area contributed by atoms with Crippen LogP contribution in [-0.2, 0) is 4.74 Å². The topological polar surface area (TPSA) is 38.5 Å². The molecule has 3 heteroatoms. The van der Waals surface area contributed by atoms with Crippen LogP contribution in [0.5, 0.6) is 0 Å². The van der Waals surface area contributed by atoms with Gasteiger partial charge in [-0.2, -0.15) is 0 Å². The van der Waals surface area contributed by atoms with Crippen molar-refractivity contribution in [2.75, 3.05) is 33.4 Å². The third-order valence-corrected chi connectivity index (χ3v) is 2.84. The molecule has 2 N–H and O–H groups in total. The van der Waals surface area contributed by atoms with E-state index in [0.717, 1.165) is 19.7 Å². The fourth-order valence-corrected chi connectivity index (χ4v) is 1.91. The first-order valence-corrected chi connectivity index (χ1v) is 5.81. The molecule has 0 aliphatic carbocycles. The highest BCUT2D eigenvalue weighted by Crippen LogP contribution is 2.18. The van der Waals surface area contributed by atoms with Crippen LogP contribution in [0.2, 0.25) is 0 Å². The van der Waals surface area contributed by atoms with Crippen LogP contribution >= 0.6 is 0 Å². The number of rotatable bonds is 7. The number of nitrogens with two attached hydrogens (primary N) is 1. The standard InChI is InChI=1S/C13H22N2O/c1-3-15(9-10-16-2)13(11-14)12-7-5-4-6-8-12/h4-8,13H,3,9-11,14H2,1-2H3. The van der Waals surface area contributed by atoms with Crippen LogP contribution in [0.15, 0.2) is 30.3 Å². The van der Waals surface area contributed by atoms with Crippen molar-refractivity contribution >= 4 is 0 Å². The van der Waals surface area contributed by atoms with Gasteiger partial charge in [-0.25, -0.2) is 0 Å². The van der Waals surface area contributed by atoms with Gasteiger partial charge in [-0.3, -0.25) is 4.90 Å². The van der Waals surface area contributed by atoms with Gasteiger partial charge in [0.2, 0.25) is 0 Å². The number of ether oxygens (including phenoxy) is 1. The van der Waals surface area contributed by atoms with Crippen LogP contribution in [0.4, 0.5) is 0 Å². The fraction of sp³-hybridized carbons (Fsp3) is 0.538. The predicted octanol–water partition coefficient (Wildman–Crippen LogP) is 1.65. The Hall–Kier alpha value is -0.900. The van der Waals surface area contributed by atoms with Crippen molar-refractivity contribution in [3.63, 3.8) is 0 Å². The predicted molar refractivity (Wildman–Crippen MR) is 67.4 cm³/mol. The number of benzene rings is 1. The van der Waals surface area contributed by atoms with Gasteiger partial charge in [0.15, 0.2) is 0 Å². The molecular formula is C13H22N2O. The molecule has 16 heavy (non-hydrogen) atoms. The number of hydrogen-bond acceptors (Lipinski definition) is 3. The second-order valence-electron chi connectivity index (χ2n) is 3.78. The fourth-order valence-electron chi connectivity index (χ4n) is 1.91. The van der Waals surface area contributed by atoms with Crippen LogP contribution in [0.1, 0.15) is 18.5 Å². The smallest absolute Gasteiger partial charge is 0.0589 e. The highest BCUT2D eigenvalue weighted by molar-refractivity contribution is 5.19. The number of likely N-dealkylation sites (N-methyl/N-ethyl adjacent to an activating group) is 1. The summed E-state index contributed by atoms with van der Waals surface area (Å²) < 4.78 is 5.12. The van der Waals surface area contributed by atoms with E-state index in [-0.39, 0.29) is 0 Å². The van der Waals surface area contributed by atoms with Crippen LogP contribution in [0.3, 0.4) is 0 Å². The van der Waals surface area contributed by atoms with Crippen LogP contribution < -0.4 is 5.73 Å². The summed E-state index contributed by atoms with van der Waals surface area (Å²) in [7, 11) is 1.73. The summed E-state index contributed by atoms with van der Waals surface area (Å²) in [5.74, 6) is 0. The van der Waals surface area contributed by atoms with Gasteiger partial charge in [-0.05, 0) is 12.1 Å². The van der Waals surface area contributed by atoms with Crippen molar-refractivity contribution in [1.82, 2.24) is 4.90 Å². The molecule has 0 spiro atoms. The molecule has 90 valence electrons. The first-order chi connectivity index (χ1) is 7.83. The van der Waals surface area contributed by atoms with Gasteiger partial charge in [0.1, 0.15) is 0 Å². The monoisotopic (exact) mass is 222 g/mol. The van der Waals surface area contributed by atoms with Gasteiger partial charge >= 0.3 is 0 Å².